The van der Waals surface area contributed by atoms with E-state index in [2.05, 4.69) is 6.58 Å². The molecule has 0 saturated heterocycles. The average Bonchev–Trinajstić information content (AvgIpc) is 2.15. The Balaban J connectivity index is 0.00000196. The van der Waals surface area contributed by atoms with Crippen LogP contribution in [0.15, 0.2) is 24.8 Å². The van der Waals surface area contributed by atoms with Crippen LogP contribution in [0.5, 0.6) is 5.75 Å². The monoisotopic (exact) mass is 251 g/mol. The maximum Gasteiger partial charge on any atom is 0.145 e. The molecule has 0 amide bonds. The van der Waals surface area contributed by atoms with Crippen molar-refractivity contribution >= 4 is 24.0 Å². The lowest BCUT2D eigenvalue weighted by Crippen LogP contribution is -2.09. The highest BCUT2D eigenvalue weighted by Gasteiger charge is 2.14. The van der Waals surface area contributed by atoms with Crippen molar-refractivity contribution in [2.75, 3.05) is 0 Å². The van der Waals surface area contributed by atoms with Crippen LogP contribution in [0.25, 0.3) is 0 Å². The molecule has 0 radical (unpaired) electrons. The molecule has 2 nitrogen and oxygen atoms in total. The largest absolute Gasteiger partial charge is 0.506 e. The second-order valence-electron chi connectivity index (χ2n) is 2.93. The molecule has 0 heterocycles. The summed E-state index contributed by atoms with van der Waals surface area (Å²) in [6.45, 7) is 3.53. The molecular formula is C10H12Cl2FNO. The highest BCUT2D eigenvalue weighted by molar-refractivity contribution is 6.32. The number of nitrogens with two attached hydrogens (primary N) is 1. The van der Waals surface area contributed by atoms with Crippen LogP contribution in [0.4, 0.5) is 4.39 Å². The Bertz CT molecular complexity index is 358. The van der Waals surface area contributed by atoms with Crippen molar-refractivity contribution in [3.05, 3.63) is 41.2 Å². The molecule has 0 bridgehead atoms. The number of hydrogen-bond acceptors (Lipinski definition) is 2. The normalized spacial score (nSPS) is 11.7. The summed E-state index contributed by atoms with van der Waals surface area (Å²) in [5.74, 6) is -0.945. The van der Waals surface area contributed by atoms with Crippen LogP contribution in [-0.2, 0) is 0 Å². The van der Waals surface area contributed by atoms with E-state index in [0.717, 1.165) is 0 Å². The van der Waals surface area contributed by atoms with Crippen LogP contribution in [0.2, 0.25) is 5.02 Å². The number of halogens is 3. The number of phenolic OH excluding ortho intramolecular Hbond substituents is 1. The maximum absolute atomic E-state index is 12.9. The minimum atomic E-state index is -0.654. The third-order valence-corrected chi connectivity index (χ3v) is 2.28. The Labute approximate surface area is 99.0 Å². The van der Waals surface area contributed by atoms with E-state index in [4.69, 9.17) is 17.3 Å². The van der Waals surface area contributed by atoms with E-state index in [0.29, 0.717) is 12.0 Å². The summed E-state index contributed by atoms with van der Waals surface area (Å²) >= 11 is 5.52. The van der Waals surface area contributed by atoms with Gasteiger partial charge in [0.15, 0.2) is 0 Å². The van der Waals surface area contributed by atoms with Crippen molar-refractivity contribution < 1.29 is 9.50 Å². The van der Waals surface area contributed by atoms with Gasteiger partial charge in [-0.1, -0.05) is 23.7 Å². The van der Waals surface area contributed by atoms with Crippen molar-refractivity contribution in [1.29, 1.82) is 0 Å². The summed E-state index contributed by atoms with van der Waals surface area (Å²) in [5.41, 5.74) is 6.14. The molecule has 1 atom stereocenters. The molecule has 3 N–H and O–H groups in total. The Morgan fingerprint density at radius 2 is 2.20 bits per heavy atom. The zero-order valence-electron chi connectivity index (χ0n) is 7.91. The van der Waals surface area contributed by atoms with Crippen LogP contribution in [-0.4, -0.2) is 5.11 Å². The number of aromatic hydroxyl groups is 1. The molecule has 0 aliphatic heterocycles. The number of hydrogen-bond donors (Lipinski definition) is 2. The lowest BCUT2D eigenvalue weighted by Gasteiger charge is -2.12. The van der Waals surface area contributed by atoms with Crippen molar-refractivity contribution in [2.45, 2.75) is 12.5 Å². The fourth-order valence-electron chi connectivity index (χ4n) is 1.16. The quantitative estimate of drug-likeness (QED) is 0.811. The standard InChI is InChI=1S/C10H11ClFNO.ClH/c1-2-3-8(13)6-4-5-7(12)9(11)10(6)14;/h2,4-5,8,14H,1,3,13H2;1H/t8-;/m1./s1. The predicted molar refractivity (Wildman–Crippen MR) is 62.1 cm³/mol. The molecule has 0 unspecified atom stereocenters. The zero-order valence-corrected chi connectivity index (χ0v) is 9.48. The topological polar surface area (TPSA) is 46.2 Å². The van der Waals surface area contributed by atoms with Crippen LogP contribution in [0.1, 0.15) is 18.0 Å². The Hall–Kier alpha value is -0.770. The van der Waals surface area contributed by atoms with Gasteiger partial charge < -0.3 is 10.8 Å². The molecule has 1 aromatic rings. The SMILES string of the molecule is C=CC[C@@H](N)c1ccc(F)c(Cl)c1O.Cl. The third-order valence-electron chi connectivity index (χ3n) is 1.92. The van der Waals surface area contributed by atoms with Crippen LogP contribution >= 0.6 is 24.0 Å². The molecule has 15 heavy (non-hydrogen) atoms. The van der Waals surface area contributed by atoms with Gasteiger partial charge in [-0.25, -0.2) is 4.39 Å². The Morgan fingerprint density at radius 1 is 1.60 bits per heavy atom. The first-order valence-electron chi connectivity index (χ1n) is 4.11. The van der Waals surface area contributed by atoms with Crippen molar-refractivity contribution in [3.63, 3.8) is 0 Å². The van der Waals surface area contributed by atoms with Crippen molar-refractivity contribution in [2.24, 2.45) is 5.73 Å². The summed E-state index contributed by atoms with van der Waals surface area (Å²) in [4.78, 5) is 0. The highest BCUT2D eigenvalue weighted by Crippen LogP contribution is 2.33. The molecule has 0 spiro atoms. The lowest BCUT2D eigenvalue weighted by molar-refractivity contribution is 0.456. The molecule has 0 aromatic heterocycles. The van der Waals surface area contributed by atoms with Crippen LogP contribution in [0.3, 0.4) is 0 Å². The first-order valence-corrected chi connectivity index (χ1v) is 4.49. The summed E-state index contributed by atoms with van der Waals surface area (Å²) < 4.78 is 12.9. The van der Waals surface area contributed by atoms with E-state index in [1.165, 1.54) is 12.1 Å². The van der Waals surface area contributed by atoms with E-state index in [1.807, 2.05) is 0 Å². The van der Waals surface area contributed by atoms with Gasteiger partial charge in [0.25, 0.3) is 0 Å². The molecule has 0 fully saturated rings. The van der Waals surface area contributed by atoms with Gasteiger partial charge in [0, 0.05) is 11.6 Å². The molecule has 1 aromatic carbocycles. The van der Waals surface area contributed by atoms with Gasteiger partial charge in [0.2, 0.25) is 0 Å². The summed E-state index contributed by atoms with van der Waals surface area (Å²) in [6, 6.07) is 2.19. The van der Waals surface area contributed by atoms with Gasteiger partial charge >= 0.3 is 0 Å². The van der Waals surface area contributed by atoms with Gasteiger partial charge in [-0.15, -0.1) is 19.0 Å². The smallest absolute Gasteiger partial charge is 0.145 e. The summed E-state index contributed by atoms with van der Waals surface area (Å²) in [5, 5.41) is 9.20. The predicted octanol–water partition coefficient (Wildman–Crippen LogP) is 3.18. The van der Waals surface area contributed by atoms with E-state index in [-0.39, 0.29) is 23.2 Å². The molecule has 5 heteroatoms. The number of benzene rings is 1. The van der Waals surface area contributed by atoms with E-state index >= 15 is 0 Å². The van der Waals surface area contributed by atoms with E-state index in [9.17, 15) is 9.50 Å². The highest BCUT2D eigenvalue weighted by atomic mass is 35.5. The maximum atomic E-state index is 12.9. The van der Waals surface area contributed by atoms with Crippen LogP contribution < -0.4 is 5.73 Å². The van der Waals surface area contributed by atoms with Gasteiger partial charge in [-0.3, -0.25) is 0 Å². The first-order chi connectivity index (χ1) is 6.57. The van der Waals surface area contributed by atoms with Crippen molar-refractivity contribution in [3.8, 4) is 5.75 Å². The Kier molecular flexibility index (Phi) is 5.65. The minimum Gasteiger partial charge on any atom is -0.506 e. The second-order valence-corrected chi connectivity index (χ2v) is 3.31. The first kappa shape index (κ1) is 14.2. The molecule has 0 aliphatic carbocycles. The van der Waals surface area contributed by atoms with E-state index < -0.39 is 11.9 Å². The van der Waals surface area contributed by atoms with Gasteiger partial charge in [-0.05, 0) is 12.5 Å². The second kappa shape index (κ2) is 5.95. The van der Waals surface area contributed by atoms with E-state index in [1.54, 1.807) is 6.08 Å². The molecule has 1 rings (SSSR count). The van der Waals surface area contributed by atoms with Crippen LogP contribution in [0, 0.1) is 5.82 Å². The number of phenols is 1. The zero-order chi connectivity index (χ0) is 10.7. The fourth-order valence-corrected chi connectivity index (χ4v) is 1.33. The molecular weight excluding hydrogens is 240 g/mol. The van der Waals surface area contributed by atoms with Gasteiger partial charge in [-0.2, -0.15) is 0 Å². The van der Waals surface area contributed by atoms with Gasteiger partial charge in [0.1, 0.15) is 16.6 Å². The van der Waals surface area contributed by atoms with Crippen molar-refractivity contribution in [1.82, 2.24) is 0 Å². The van der Waals surface area contributed by atoms with Gasteiger partial charge in [0.05, 0.1) is 0 Å². The molecule has 0 saturated carbocycles. The third kappa shape index (κ3) is 3.09. The fraction of sp³-hybridized carbons (Fsp3) is 0.200. The number of rotatable bonds is 3. The lowest BCUT2D eigenvalue weighted by atomic mass is 10.0. The summed E-state index contributed by atoms with van der Waals surface area (Å²) in [7, 11) is 0. The Morgan fingerprint density at radius 3 is 2.73 bits per heavy atom. The molecule has 84 valence electrons. The molecule has 0 aliphatic rings. The summed E-state index contributed by atoms with van der Waals surface area (Å²) in [6.07, 6.45) is 2.12. The average molecular weight is 252 g/mol. The minimum absolute atomic E-state index is 0.